The highest BCUT2D eigenvalue weighted by atomic mass is 35.5. The van der Waals surface area contributed by atoms with E-state index in [4.69, 9.17) is 0 Å². The summed E-state index contributed by atoms with van der Waals surface area (Å²) < 4.78 is 1.70. The van der Waals surface area contributed by atoms with Crippen molar-refractivity contribution in [2.45, 2.75) is 13.0 Å². The summed E-state index contributed by atoms with van der Waals surface area (Å²) in [6.07, 6.45) is 4.09. The molecule has 0 aliphatic carbocycles. The predicted molar refractivity (Wildman–Crippen MR) is 88.7 cm³/mol. The van der Waals surface area contributed by atoms with E-state index in [2.05, 4.69) is 20.7 Å². The van der Waals surface area contributed by atoms with E-state index in [0.717, 1.165) is 30.8 Å². The minimum Gasteiger partial charge on any atom is -0.352 e. The van der Waals surface area contributed by atoms with Gasteiger partial charge in [-0.25, -0.2) is 9.67 Å². The summed E-state index contributed by atoms with van der Waals surface area (Å²) >= 11 is 0. The molecule has 8 heteroatoms. The Morgan fingerprint density at radius 3 is 2.68 bits per heavy atom. The summed E-state index contributed by atoms with van der Waals surface area (Å²) in [6, 6.07) is 7.91. The van der Waals surface area contributed by atoms with E-state index in [1.807, 2.05) is 24.3 Å². The Hall–Kier alpha value is -1.63. The zero-order valence-corrected chi connectivity index (χ0v) is 13.6. The highest BCUT2D eigenvalue weighted by molar-refractivity contribution is 5.85. The van der Waals surface area contributed by atoms with Crippen LogP contribution in [0.15, 0.2) is 36.9 Å². The van der Waals surface area contributed by atoms with Gasteiger partial charge in [-0.1, -0.05) is 12.1 Å². The molecule has 1 amide bonds. The molecule has 1 saturated heterocycles. The molecule has 0 saturated carbocycles. The summed E-state index contributed by atoms with van der Waals surface area (Å²) in [5.41, 5.74) is 2.03. The van der Waals surface area contributed by atoms with Gasteiger partial charge in [-0.3, -0.25) is 4.79 Å². The highest BCUT2D eigenvalue weighted by Crippen LogP contribution is 2.10. The SMILES string of the molecule is Cl.Cl.O=C(NCc1ccc(-n2cncn2)cc1)C1CCNC1. The first kappa shape index (κ1) is 18.4. The summed E-state index contributed by atoms with van der Waals surface area (Å²) in [4.78, 5) is 15.8. The quantitative estimate of drug-likeness (QED) is 0.878. The molecule has 1 aromatic carbocycles. The molecular formula is C14H19Cl2N5O. The van der Waals surface area contributed by atoms with Crippen LogP contribution in [0.4, 0.5) is 0 Å². The number of nitrogens with one attached hydrogen (secondary N) is 2. The fourth-order valence-electron chi connectivity index (χ4n) is 2.32. The Balaban J connectivity index is 0.00000121. The van der Waals surface area contributed by atoms with Gasteiger partial charge in [0.15, 0.2) is 0 Å². The third-order valence-electron chi connectivity index (χ3n) is 3.52. The van der Waals surface area contributed by atoms with Gasteiger partial charge in [0.1, 0.15) is 12.7 Å². The number of aromatic nitrogens is 3. The molecule has 120 valence electrons. The monoisotopic (exact) mass is 343 g/mol. The Kier molecular flexibility index (Phi) is 7.31. The number of nitrogens with zero attached hydrogens (tertiary/aromatic N) is 3. The number of carbonyl (C=O) groups is 1. The number of carbonyl (C=O) groups excluding carboxylic acids is 1. The van der Waals surface area contributed by atoms with E-state index in [9.17, 15) is 4.79 Å². The Labute approximate surface area is 141 Å². The fourth-order valence-corrected chi connectivity index (χ4v) is 2.32. The van der Waals surface area contributed by atoms with Gasteiger partial charge in [0.25, 0.3) is 0 Å². The molecule has 1 atom stereocenters. The van der Waals surface area contributed by atoms with E-state index in [1.54, 1.807) is 11.0 Å². The van der Waals surface area contributed by atoms with Crippen LogP contribution in [0.2, 0.25) is 0 Å². The van der Waals surface area contributed by atoms with E-state index in [1.165, 1.54) is 6.33 Å². The van der Waals surface area contributed by atoms with E-state index in [0.29, 0.717) is 6.54 Å². The third kappa shape index (κ3) is 4.43. The molecule has 1 aliphatic heterocycles. The van der Waals surface area contributed by atoms with Gasteiger partial charge in [-0.2, -0.15) is 5.10 Å². The molecule has 1 aliphatic rings. The molecule has 0 radical (unpaired) electrons. The van der Waals surface area contributed by atoms with Gasteiger partial charge < -0.3 is 10.6 Å². The zero-order chi connectivity index (χ0) is 13.8. The van der Waals surface area contributed by atoms with Crippen molar-refractivity contribution in [3.05, 3.63) is 42.5 Å². The van der Waals surface area contributed by atoms with Gasteiger partial charge in [0, 0.05) is 13.1 Å². The topological polar surface area (TPSA) is 71.8 Å². The number of hydrogen-bond acceptors (Lipinski definition) is 4. The number of benzene rings is 1. The average molecular weight is 344 g/mol. The Bertz CT molecular complexity index is 567. The average Bonchev–Trinajstić information content (AvgIpc) is 3.18. The first-order valence-electron chi connectivity index (χ1n) is 6.75. The summed E-state index contributed by atoms with van der Waals surface area (Å²) in [6.45, 7) is 2.29. The summed E-state index contributed by atoms with van der Waals surface area (Å²) in [5.74, 6) is 0.250. The lowest BCUT2D eigenvalue weighted by molar-refractivity contribution is -0.124. The normalized spacial score (nSPS) is 16.5. The van der Waals surface area contributed by atoms with E-state index < -0.39 is 0 Å². The number of halogens is 2. The Morgan fingerprint density at radius 2 is 2.09 bits per heavy atom. The minimum atomic E-state index is 0. The molecule has 2 N–H and O–H groups in total. The number of rotatable bonds is 4. The number of amides is 1. The van der Waals surface area contributed by atoms with Gasteiger partial charge in [-0.15, -0.1) is 24.8 Å². The van der Waals surface area contributed by atoms with Crippen LogP contribution in [0.1, 0.15) is 12.0 Å². The fraction of sp³-hybridized carbons (Fsp3) is 0.357. The second-order valence-electron chi connectivity index (χ2n) is 4.91. The Morgan fingerprint density at radius 1 is 1.32 bits per heavy atom. The van der Waals surface area contributed by atoms with E-state index in [-0.39, 0.29) is 36.6 Å². The maximum Gasteiger partial charge on any atom is 0.224 e. The van der Waals surface area contributed by atoms with E-state index >= 15 is 0 Å². The van der Waals surface area contributed by atoms with Crippen molar-refractivity contribution >= 4 is 30.7 Å². The van der Waals surface area contributed by atoms with Crippen molar-refractivity contribution in [1.29, 1.82) is 0 Å². The maximum atomic E-state index is 11.9. The largest absolute Gasteiger partial charge is 0.352 e. The molecular weight excluding hydrogens is 325 g/mol. The van der Waals surface area contributed by atoms with Crippen molar-refractivity contribution in [3.8, 4) is 5.69 Å². The van der Waals surface area contributed by atoms with Gasteiger partial charge in [0.2, 0.25) is 5.91 Å². The molecule has 0 spiro atoms. The standard InChI is InChI=1S/C14H17N5O.2ClH/c20-14(12-5-6-15-8-12)17-7-11-1-3-13(4-2-11)19-10-16-9-18-19;;/h1-4,9-10,12,15H,5-8H2,(H,17,20);2*1H. The second-order valence-corrected chi connectivity index (χ2v) is 4.91. The van der Waals surface area contributed by atoms with Crippen molar-refractivity contribution in [2.24, 2.45) is 5.92 Å². The molecule has 3 rings (SSSR count). The van der Waals surface area contributed by atoms with Crippen molar-refractivity contribution in [3.63, 3.8) is 0 Å². The van der Waals surface area contributed by atoms with Gasteiger partial charge >= 0.3 is 0 Å². The first-order valence-corrected chi connectivity index (χ1v) is 6.75. The summed E-state index contributed by atoms with van der Waals surface area (Å²) in [5, 5.41) is 10.3. The lowest BCUT2D eigenvalue weighted by Crippen LogP contribution is -2.31. The molecule has 1 unspecified atom stereocenters. The van der Waals surface area contributed by atoms with Gasteiger partial charge in [-0.05, 0) is 30.7 Å². The lowest BCUT2D eigenvalue weighted by atomic mass is 10.1. The van der Waals surface area contributed by atoms with Crippen LogP contribution in [-0.4, -0.2) is 33.8 Å². The van der Waals surface area contributed by atoms with Crippen molar-refractivity contribution in [1.82, 2.24) is 25.4 Å². The van der Waals surface area contributed by atoms with Crippen LogP contribution >= 0.6 is 24.8 Å². The van der Waals surface area contributed by atoms with Crippen LogP contribution in [0.25, 0.3) is 5.69 Å². The van der Waals surface area contributed by atoms with Crippen LogP contribution in [0.3, 0.4) is 0 Å². The molecule has 0 bridgehead atoms. The molecule has 6 nitrogen and oxygen atoms in total. The van der Waals surface area contributed by atoms with Crippen molar-refractivity contribution < 1.29 is 4.79 Å². The predicted octanol–water partition coefficient (Wildman–Crippen LogP) is 1.34. The lowest BCUT2D eigenvalue weighted by Gasteiger charge is -2.10. The second kappa shape index (κ2) is 8.73. The molecule has 2 aromatic rings. The molecule has 2 heterocycles. The van der Waals surface area contributed by atoms with Crippen LogP contribution < -0.4 is 10.6 Å². The molecule has 1 aromatic heterocycles. The van der Waals surface area contributed by atoms with Crippen LogP contribution in [0.5, 0.6) is 0 Å². The summed E-state index contributed by atoms with van der Waals surface area (Å²) in [7, 11) is 0. The van der Waals surface area contributed by atoms with Gasteiger partial charge in [0.05, 0.1) is 11.6 Å². The smallest absolute Gasteiger partial charge is 0.224 e. The highest BCUT2D eigenvalue weighted by Gasteiger charge is 2.21. The molecule has 1 fully saturated rings. The van der Waals surface area contributed by atoms with Crippen LogP contribution in [0, 0.1) is 5.92 Å². The first-order chi connectivity index (χ1) is 9.83. The maximum absolute atomic E-state index is 11.9. The van der Waals surface area contributed by atoms with Crippen molar-refractivity contribution in [2.75, 3.05) is 13.1 Å². The zero-order valence-electron chi connectivity index (χ0n) is 11.9. The van der Waals surface area contributed by atoms with Crippen LogP contribution in [-0.2, 0) is 11.3 Å². The molecule has 22 heavy (non-hydrogen) atoms. The number of hydrogen-bond donors (Lipinski definition) is 2. The third-order valence-corrected chi connectivity index (χ3v) is 3.52. The minimum absolute atomic E-state index is 0.